The van der Waals surface area contributed by atoms with Crippen molar-refractivity contribution in [1.82, 2.24) is 9.80 Å². The largest absolute Gasteiger partial charge is 0.481 e. The van der Waals surface area contributed by atoms with Crippen molar-refractivity contribution >= 4 is 30.3 Å². The molecule has 0 bridgehead atoms. The van der Waals surface area contributed by atoms with E-state index in [4.69, 9.17) is 4.74 Å². The zero-order valence-electron chi connectivity index (χ0n) is 17.1. The van der Waals surface area contributed by atoms with Gasteiger partial charge in [-0.2, -0.15) is 0 Å². The van der Waals surface area contributed by atoms with Crippen molar-refractivity contribution in [2.45, 2.75) is 30.6 Å². The van der Waals surface area contributed by atoms with E-state index in [1.807, 2.05) is 60.7 Å². The predicted molar refractivity (Wildman–Crippen MR) is 114 cm³/mol. The molecule has 164 valence electrons. The fraction of sp³-hybridized carbons (Fsp3) is 0.250. The Hall–Kier alpha value is -3.94. The van der Waals surface area contributed by atoms with Crippen molar-refractivity contribution in [2.24, 2.45) is 0 Å². The second-order valence-corrected chi connectivity index (χ2v) is 7.66. The van der Waals surface area contributed by atoms with Crippen LogP contribution >= 0.6 is 0 Å². The number of hydrogen-bond donors (Lipinski definition) is 1. The molecule has 0 aromatic heterocycles. The molecule has 2 heterocycles. The lowest BCUT2D eigenvalue weighted by molar-refractivity contribution is -0.162. The summed E-state index contributed by atoms with van der Waals surface area (Å²) in [6.45, 7) is 0.105. The number of carboxylic acids is 1. The first kappa shape index (κ1) is 21.3. The summed E-state index contributed by atoms with van der Waals surface area (Å²) in [5.74, 6) is -1.67. The third-order valence-electron chi connectivity index (χ3n) is 5.73. The minimum absolute atomic E-state index is 0.105. The number of carbonyl (C=O) groups is 4. The predicted octanol–water partition coefficient (Wildman–Crippen LogP) is 2.51. The van der Waals surface area contributed by atoms with Crippen molar-refractivity contribution in [3.8, 4) is 0 Å². The van der Waals surface area contributed by atoms with Gasteiger partial charge in [0.2, 0.25) is 5.91 Å². The average molecular weight is 434 g/mol. The molecule has 2 aliphatic rings. The van der Waals surface area contributed by atoms with E-state index in [0.717, 1.165) is 11.1 Å². The van der Waals surface area contributed by atoms with Gasteiger partial charge in [-0.1, -0.05) is 72.8 Å². The quantitative estimate of drug-likeness (QED) is 0.506. The lowest BCUT2D eigenvalue weighted by Gasteiger charge is -2.51. The summed E-state index contributed by atoms with van der Waals surface area (Å²) in [4.78, 5) is 51.3. The smallest absolute Gasteiger partial charge is 0.411 e. The van der Waals surface area contributed by atoms with Gasteiger partial charge in [0.25, 0.3) is 0 Å². The molecule has 2 aliphatic heterocycles. The zero-order valence-corrected chi connectivity index (χ0v) is 17.1. The number of carboxylic acid groups (broad SMARTS) is 1. The molecule has 8 heteroatoms. The molecule has 2 aromatic carbocycles. The molecule has 0 radical (unpaired) electrons. The Morgan fingerprint density at radius 1 is 1.09 bits per heavy atom. The van der Waals surface area contributed by atoms with Crippen LogP contribution in [0.5, 0.6) is 0 Å². The van der Waals surface area contributed by atoms with Crippen molar-refractivity contribution in [3.05, 3.63) is 77.9 Å². The number of β-lactam (4-membered cyclic amide) rings is 1. The van der Waals surface area contributed by atoms with Gasteiger partial charge < -0.3 is 19.5 Å². The molecule has 0 unspecified atom stereocenters. The first-order valence-corrected chi connectivity index (χ1v) is 10.2. The maximum Gasteiger partial charge on any atom is 0.411 e. The monoisotopic (exact) mass is 434 g/mol. The Morgan fingerprint density at radius 3 is 2.38 bits per heavy atom. The molecule has 2 fully saturated rings. The highest BCUT2D eigenvalue weighted by Gasteiger charge is 2.57. The number of hydrogen-bond acceptors (Lipinski definition) is 5. The van der Waals surface area contributed by atoms with Crippen LogP contribution < -0.4 is 0 Å². The summed E-state index contributed by atoms with van der Waals surface area (Å²) in [5, 5.41) is 9.17. The van der Waals surface area contributed by atoms with Crippen LogP contribution in [-0.4, -0.2) is 63.9 Å². The van der Waals surface area contributed by atoms with Crippen LogP contribution in [0.3, 0.4) is 0 Å². The molecule has 2 amide bonds. The summed E-state index contributed by atoms with van der Waals surface area (Å²) in [5.41, 5.74) is 1.70. The van der Waals surface area contributed by atoms with Crippen LogP contribution in [0.2, 0.25) is 0 Å². The Kier molecular flexibility index (Phi) is 6.02. The third-order valence-corrected chi connectivity index (χ3v) is 5.73. The minimum atomic E-state index is -1.19. The van der Waals surface area contributed by atoms with Gasteiger partial charge in [0.1, 0.15) is 18.9 Å². The van der Waals surface area contributed by atoms with Crippen molar-refractivity contribution < 1.29 is 29.0 Å². The first-order valence-electron chi connectivity index (χ1n) is 10.2. The fourth-order valence-electron chi connectivity index (χ4n) is 4.22. The molecular formula is C24H22N2O6. The van der Waals surface area contributed by atoms with Crippen LogP contribution in [0.15, 0.2) is 66.7 Å². The van der Waals surface area contributed by atoms with Crippen LogP contribution in [-0.2, 0) is 19.1 Å². The molecule has 1 N–H and O–H groups in total. The van der Waals surface area contributed by atoms with E-state index in [1.165, 1.54) is 9.80 Å². The molecule has 32 heavy (non-hydrogen) atoms. The van der Waals surface area contributed by atoms with Gasteiger partial charge in [-0.25, -0.2) is 4.79 Å². The van der Waals surface area contributed by atoms with E-state index in [9.17, 15) is 24.3 Å². The summed E-state index contributed by atoms with van der Waals surface area (Å²) in [6, 6.07) is 15.4. The van der Waals surface area contributed by atoms with Crippen molar-refractivity contribution in [1.29, 1.82) is 0 Å². The topological polar surface area (TPSA) is 104 Å². The van der Waals surface area contributed by atoms with Crippen molar-refractivity contribution in [2.75, 3.05) is 6.61 Å². The lowest BCUT2D eigenvalue weighted by atomic mass is 9.88. The Bertz CT molecular complexity index is 1040. The Balaban J connectivity index is 1.68. The number of aliphatic carboxylic acids is 1. The van der Waals surface area contributed by atoms with E-state index in [1.54, 1.807) is 12.2 Å². The minimum Gasteiger partial charge on any atom is -0.481 e. The molecule has 0 spiro atoms. The second kappa shape index (κ2) is 9.05. The number of amides is 2. The van der Waals surface area contributed by atoms with E-state index in [2.05, 4.69) is 0 Å². The first-order chi connectivity index (χ1) is 15.5. The van der Waals surface area contributed by atoms with Crippen molar-refractivity contribution in [3.63, 3.8) is 0 Å². The number of rotatable bonds is 8. The number of likely N-dealkylation sites (tertiary alicyclic amines) is 1. The molecule has 2 saturated heterocycles. The highest BCUT2D eigenvalue weighted by atomic mass is 16.6. The van der Waals surface area contributed by atoms with Gasteiger partial charge in [-0.3, -0.25) is 14.5 Å². The van der Waals surface area contributed by atoms with Crippen LogP contribution in [0.25, 0.3) is 6.08 Å². The second-order valence-electron chi connectivity index (χ2n) is 7.66. The molecule has 0 saturated carbocycles. The van der Waals surface area contributed by atoms with E-state index < -0.39 is 48.6 Å². The third kappa shape index (κ3) is 3.99. The maximum absolute atomic E-state index is 13.2. The highest BCUT2D eigenvalue weighted by molar-refractivity contribution is 5.96. The van der Waals surface area contributed by atoms with Gasteiger partial charge in [0.05, 0.1) is 24.5 Å². The van der Waals surface area contributed by atoms with Gasteiger partial charge in [-0.05, 0) is 11.1 Å². The number of ether oxygens (including phenoxy) is 1. The van der Waals surface area contributed by atoms with Crippen LogP contribution in [0, 0.1) is 0 Å². The average Bonchev–Trinajstić information content (AvgIpc) is 3.17. The zero-order chi connectivity index (χ0) is 22.7. The summed E-state index contributed by atoms with van der Waals surface area (Å²) in [7, 11) is 0. The molecule has 8 nitrogen and oxygen atoms in total. The standard InChI is InChI=1S/C24H22N2O6/c27-14-18(13-21(28)29)25-19(12-11-16-7-3-1-4-8-16)22(23(25)30)26-20(15-32-24(26)31)17-9-5-2-6-10-17/h1-12,14,18-20,22H,13,15H2,(H,28,29)/b12-11+/t18-,19+,20+,22-/m0/s1. The van der Waals surface area contributed by atoms with Gasteiger partial charge >= 0.3 is 12.1 Å². The lowest BCUT2D eigenvalue weighted by Crippen LogP contribution is -2.73. The number of carbonyl (C=O) groups excluding carboxylic acids is 3. The summed E-state index contributed by atoms with van der Waals surface area (Å²) < 4.78 is 5.26. The maximum atomic E-state index is 13.2. The number of benzene rings is 2. The van der Waals surface area contributed by atoms with Crippen LogP contribution in [0.1, 0.15) is 23.6 Å². The highest BCUT2D eigenvalue weighted by Crippen LogP contribution is 2.38. The number of nitrogens with zero attached hydrogens (tertiary/aromatic N) is 2. The normalized spacial score (nSPS) is 23.7. The van der Waals surface area contributed by atoms with E-state index in [0.29, 0.717) is 6.29 Å². The Morgan fingerprint density at radius 2 is 1.75 bits per heavy atom. The molecule has 4 atom stereocenters. The number of cyclic esters (lactones) is 1. The van der Waals surface area contributed by atoms with Gasteiger partial charge in [-0.15, -0.1) is 0 Å². The molecular weight excluding hydrogens is 412 g/mol. The molecule has 4 rings (SSSR count). The SMILES string of the molecule is O=C[C@H](CC(=O)O)N1C(=O)[C@@H](N2C(=O)OC[C@@H]2c2ccccc2)[C@H]1/C=C/c1ccccc1. The fourth-order valence-corrected chi connectivity index (χ4v) is 4.22. The Labute approximate surface area is 184 Å². The summed E-state index contributed by atoms with van der Waals surface area (Å²) in [6.07, 6.45) is 2.86. The molecule has 2 aromatic rings. The van der Waals surface area contributed by atoms with Gasteiger partial charge in [0, 0.05) is 0 Å². The molecule has 0 aliphatic carbocycles. The van der Waals surface area contributed by atoms with E-state index in [-0.39, 0.29) is 6.61 Å². The van der Waals surface area contributed by atoms with E-state index >= 15 is 0 Å². The number of aldehydes is 1. The van der Waals surface area contributed by atoms with Gasteiger partial charge in [0.15, 0.2) is 0 Å². The van der Waals surface area contributed by atoms with Crippen LogP contribution in [0.4, 0.5) is 4.79 Å². The summed E-state index contributed by atoms with van der Waals surface area (Å²) >= 11 is 0.